The van der Waals surface area contributed by atoms with Crippen LogP contribution < -0.4 is 4.90 Å². The van der Waals surface area contributed by atoms with Crippen LogP contribution in [-0.4, -0.2) is 57.0 Å². The molecule has 1 amide bonds. The van der Waals surface area contributed by atoms with Gasteiger partial charge >= 0.3 is 0 Å². The Morgan fingerprint density at radius 1 is 1.00 bits per heavy atom. The zero-order chi connectivity index (χ0) is 19.6. The van der Waals surface area contributed by atoms with E-state index in [9.17, 15) is 4.79 Å². The number of ether oxygens (including phenoxy) is 1. The molecule has 4 heterocycles. The summed E-state index contributed by atoms with van der Waals surface area (Å²) in [5.41, 5.74) is 2.27. The number of hydrogen-bond acceptors (Lipinski definition) is 6. The molecule has 1 fully saturated rings. The molecular weight excluding hydrogens is 368 g/mol. The van der Waals surface area contributed by atoms with Gasteiger partial charge in [-0.1, -0.05) is 41.6 Å². The molecule has 5 rings (SSSR count). The highest BCUT2D eigenvalue weighted by Gasteiger charge is 2.31. The monoisotopic (exact) mass is 390 g/mol. The number of fused-ring (bicyclic) bond motifs is 1. The fourth-order valence-corrected chi connectivity index (χ4v) is 3.88. The van der Waals surface area contributed by atoms with Crippen LogP contribution in [0.2, 0.25) is 0 Å². The quantitative estimate of drug-likeness (QED) is 0.680. The van der Waals surface area contributed by atoms with Crippen molar-refractivity contribution in [3.63, 3.8) is 0 Å². The van der Waals surface area contributed by atoms with E-state index in [2.05, 4.69) is 20.2 Å². The maximum Gasteiger partial charge on any atom is 0.276 e. The van der Waals surface area contributed by atoms with Gasteiger partial charge in [-0.15, -0.1) is 5.10 Å². The van der Waals surface area contributed by atoms with E-state index in [1.807, 2.05) is 53.4 Å². The third kappa shape index (κ3) is 3.47. The number of hydrogen-bond donors (Lipinski definition) is 0. The second kappa shape index (κ2) is 7.63. The lowest BCUT2D eigenvalue weighted by atomic mass is 10.1. The summed E-state index contributed by atoms with van der Waals surface area (Å²) in [5.74, 6) is 0.870. The summed E-state index contributed by atoms with van der Waals surface area (Å²) in [6.45, 7) is 3.66. The van der Waals surface area contributed by atoms with Crippen molar-refractivity contribution in [2.45, 2.75) is 19.3 Å². The smallest absolute Gasteiger partial charge is 0.276 e. The number of piperazine rings is 1. The van der Waals surface area contributed by atoms with Gasteiger partial charge in [0.25, 0.3) is 5.91 Å². The van der Waals surface area contributed by atoms with Gasteiger partial charge < -0.3 is 14.5 Å². The molecule has 0 N–H and O–H groups in total. The van der Waals surface area contributed by atoms with Gasteiger partial charge in [0, 0.05) is 32.4 Å². The average molecular weight is 390 g/mol. The summed E-state index contributed by atoms with van der Waals surface area (Å²) in [5, 5.41) is 8.42. The molecule has 2 aliphatic heterocycles. The van der Waals surface area contributed by atoms with Gasteiger partial charge in [0.05, 0.1) is 18.8 Å². The molecule has 0 radical (unpaired) electrons. The SMILES string of the molecule is O=C(c1nnn2c1CO[C@H](c1ccccc1)C2)N1CCN(c2ccccn2)CC1. The van der Waals surface area contributed by atoms with E-state index in [0.29, 0.717) is 31.9 Å². The molecule has 3 aromatic rings. The Labute approximate surface area is 168 Å². The molecule has 2 aliphatic rings. The van der Waals surface area contributed by atoms with Crippen LogP contribution in [0.4, 0.5) is 5.82 Å². The zero-order valence-corrected chi connectivity index (χ0v) is 16.0. The largest absolute Gasteiger partial charge is 0.365 e. The first-order valence-electron chi connectivity index (χ1n) is 9.84. The van der Waals surface area contributed by atoms with E-state index in [1.54, 1.807) is 10.9 Å². The first kappa shape index (κ1) is 17.8. The van der Waals surface area contributed by atoms with E-state index < -0.39 is 0 Å². The topological polar surface area (TPSA) is 76.4 Å². The minimum Gasteiger partial charge on any atom is -0.365 e. The van der Waals surface area contributed by atoms with Crippen molar-refractivity contribution in [2.24, 2.45) is 0 Å². The Balaban J connectivity index is 1.26. The van der Waals surface area contributed by atoms with Gasteiger partial charge in [-0.25, -0.2) is 9.67 Å². The molecule has 0 spiro atoms. The Morgan fingerprint density at radius 3 is 2.55 bits per heavy atom. The van der Waals surface area contributed by atoms with E-state index >= 15 is 0 Å². The Morgan fingerprint density at radius 2 is 1.79 bits per heavy atom. The highest BCUT2D eigenvalue weighted by Crippen LogP contribution is 2.27. The van der Waals surface area contributed by atoms with Gasteiger partial charge in [0.2, 0.25) is 0 Å². The zero-order valence-electron chi connectivity index (χ0n) is 16.0. The third-order valence-corrected chi connectivity index (χ3v) is 5.51. The number of rotatable bonds is 3. The normalized spacial score (nSPS) is 19.1. The lowest BCUT2D eigenvalue weighted by Gasteiger charge is -2.35. The maximum absolute atomic E-state index is 13.0. The van der Waals surface area contributed by atoms with Crippen LogP contribution in [0.25, 0.3) is 0 Å². The fraction of sp³-hybridized carbons (Fsp3) is 0.333. The van der Waals surface area contributed by atoms with Gasteiger partial charge in [0.15, 0.2) is 5.69 Å². The molecule has 29 heavy (non-hydrogen) atoms. The van der Waals surface area contributed by atoms with Gasteiger partial charge in [-0.3, -0.25) is 4.79 Å². The Kier molecular flexibility index (Phi) is 4.69. The lowest BCUT2D eigenvalue weighted by molar-refractivity contribution is -0.00196. The fourth-order valence-electron chi connectivity index (χ4n) is 3.88. The van der Waals surface area contributed by atoms with Crippen LogP contribution in [0, 0.1) is 0 Å². The second-order valence-electron chi connectivity index (χ2n) is 7.24. The van der Waals surface area contributed by atoms with Crippen LogP contribution in [0.15, 0.2) is 54.7 Å². The lowest BCUT2D eigenvalue weighted by Crippen LogP contribution is -2.49. The van der Waals surface area contributed by atoms with Crippen molar-refractivity contribution in [2.75, 3.05) is 31.1 Å². The van der Waals surface area contributed by atoms with Crippen molar-refractivity contribution in [3.05, 3.63) is 71.7 Å². The highest BCUT2D eigenvalue weighted by molar-refractivity contribution is 5.93. The van der Waals surface area contributed by atoms with Crippen LogP contribution in [-0.2, 0) is 17.9 Å². The van der Waals surface area contributed by atoms with Crippen LogP contribution in [0.1, 0.15) is 27.8 Å². The molecule has 1 atom stereocenters. The summed E-state index contributed by atoms with van der Waals surface area (Å²) in [4.78, 5) is 21.5. The molecule has 1 saturated heterocycles. The van der Waals surface area contributed by atoms with Crippen LogP contribution in [0.5, 0.6) is 0 Å². The number of nitrogens with zero attached hydrogens (tertiary/aromatic N) is 6. The molecule has 1 aromatic carbocycles. The molecule has 0 aliphatic carbocycles. The van der Waals surface area contributed by atoms with Crippen molar-refractivity contribution in [3.8, 4) is 0 Å². The van der Waals surface area contributed by atoms with Crippen molar-refractivity contribution in [1.82, 2.24) is 24.9 Å². The molecule has 0 saturated carbocycles. The first-order valence-corrected chi connectivity index (χ1v) is 9.84. The summed E-state index contributed by atoms with van der Waals surface area (Å²) in [7, 11) is 0. The van der Waals surface area contributed by atoms with Crippen LogP contribution in [0.3, 0.4) is 0 Å². The Bertz CT molecular complexity index is 983. The number of amides is 1. The average Bonchev–Trinajstić information content (AvgIpc) is 3.23. The number of aromatic nitrogens is 4. The van der Waals surface area contributed by atoms with Crippen molar-refractivity contribution in [1.29, 1.82) is 0 Å². The van der Waals surface area contributed by atoms with E-state index in [4.69, 9.17) is 4.74 Å². The standard InChI is InChI=1S/C21H22N6O2/c28-21(26-12-10-25(11-13-26)19-8-4-5-9-22-19)20-17-15-29-18(14-27(17)24-23-20)16-6-2-1-3-7-16/h1-9,18H,10-15H2/t18-/m0/s1. The summed E-state index contributed by atoms with van der Waals surface area (Å²) in [6, 6.07) is 15.9. The van der Waals surface area contributed by atoms with E-state index in [-0.39, 0.29) is 12.0 Å². The molecular formula is C21H22N6O2. The molecule has 0 unspecified atom stereocenters. The van der Waals surface area contributed by atoms with Gasteiger partial charge in [-0.05, 0) is 17.7 Å². The maximum atomic E-state index is 13.0. The number of benzene rings is 1. The molecule has 8 nitrogen and oxygen atoms in total. The van der Waals surface area contributed by atoms with Crippen molar-refractivity contribution >= 4 is 11.7 Å². The molecule has 8 heteroatoms. The summed E-state index contributed by atoms with van der Waals surface area (Å²) >= 11 is 0. The number of anilines is 1. The molecule has 148 valence electrons. The van der Waals surface area contributed by atoms with Gasteiger partial charge in [-0.2, -0.15) is 0 Å². The summed E-state index contributed by atoms with van der Waals surface area (Å²) in [6.07, 6.45) is 1.72. The third-order valence-electron chi connectivity index (χ3n) is 5.51. The first-order chi connectivity index (χ1) is 14.3. The minimum absolute atomic E-state index is 0.0738. The summed E-state index contributed by atoms with van der Waals surface area (Å²) < 4.78 is 7.82. The predicted molar refractivity (Wildman–Crippen MR) is 106 cm³/mol. The van der Waals surface area contributed by atoms with Crippen molar-refractivity contribution < 1.29 is 9.53 Å². The minimum atomic E-state index is -0.0753. The second-order valence-corrected chi connectivity index (χ2v) is 7.24. The van der Waals surface area contributed by atoms with Gasteiger partial charge in [0.1, 0.15) is 11.9 Å². The van der Waals surface area contributed by atoms with Crippen LogP contribution >= 0.6 is 0 Å². The predicted octanol–water partition coefficient (Wildman–Crippen LogP) is 1.91. The Hall–Kier alpha value is -3.26. The van der Waals surface area contributed by atoms with E-state index in [1.165, 1.54) is 0 Å². The number of pyridine rings is 1. The molecule has 0 bridgehead atoms. The molecule has 2 aromatic heterocycles. The number of carbonyl (C=O) groups excluding carboxylic acids is 1. The number of carbonyl (C=O) groups is 1. The highest BCUT2D eigenvalue weighted by atomic mass is 16.5. The van der Waals surface area contributed by atoms with E-state index in [0.717, 1.165) is 30.2 Å².